The van der Waals surface area contributed by atoms with E-state index in [0.29, 0.717) is 47.5 Å². The molecule has 6 nitrogen and oxygen atoms in total. The number of hydrogen-bond acceptors (Lipinski definition) is 4. The number of amides is 2. The maximum Gasteiger partial charge on any atom is 0.430 e. The minimum absolute atomic E-state index is 0.0199. The van der Waals surface area contributed by atoms with Crippen molar-refractivity contribution in [3.63, 3.8) is 0 Å². The van der Waals surface area contributed by atoms with Crippen LogP contribution in [0.1, 0.15) is 59.7 Å². The molecule has 0 aliphatic carbocycles. The minimum atomic E-state index is -6.06. The fraction of sp³-hybridized carbons (Fsp3) is 0.412. The third-order valence-corrected chi connectivity index (χ3v) is 8.96. The number of halogens is 7. The largest absolute Gasteiger partial charge is 0.430 e. The molecule has 254 valence electrons. The topological polar surface area (TPSA) is 89.9 Å². The highest BCUT2D eigenvalue weighted by Gasteiger charge is 2.71. The average molecular weight is 685 g/mol. The van der Waals surface area contributed by atoms with Crippen LogP contribution in [0, 0.1) is 12.8 Å². The monoisotopic (exact) mass is 684 g/mol. The second kappa shape index (κ2) is 13.9. The van der Waals surface area contributed by atoms with Crippen molar-refractivity contribution >= 4 is 23.4 Å². The van der Waals surface area contributed by atoms with Crippen LogP contribution in [0.3, 0.4) is 0 Å². The van der Waals surface area contributed by atoms with Crippen LogP contribution >= 0.6 is 11.6 Å². The molecule has 1 aliphatic rings. The molecule has 1 fully saturated rings. The van der Waals surface area contributed by atoms with E-state index in [1.54, 1.807) is 18.2 Å². The predicted molar refractivity (Wildman–Crippen MR) is 165 cm³/mol. The van der Waals surface area contributed by atoms with E-state index in [1.165, 1.54) is 11.8 Å². The number of carbonyl (C=O) groups is 2. The fourth-order valence-electron chi connectivity index (χ4n) is 6.24. The molecule has 1 saturated heterocycles. The Bertz CT molecular complexity index is 1580. The summed E-state index contributed by atoms with van der Waals surface area (Å²) in [5, 5.41) is 25.4. The van der Waals surface area contributed by atoms with E-state index in [2.05, 4.69) is 5.32 Å². The van der Waals surface area contributed by atoms with Gasteiger partial charge in [-0.15, -0.1) is 0 Å². The first kappa shape index (κ1) is 36.2. The molecular weight excluding hydrogens is 650 g/mol. The van der Waals surface area contributed by atoms with Crippen molar-refractivity contribution in [1.29, 1.82) is 0 Å². The normalized spacial score (nSPS) is 17.3. The molecule has 0 bridgehead atoms. The molecule has 4 rings (SSSR count). The van der Waals surface area contributed by atoms with Gasteiger partial charge >= 0.3 is 12.4 Å². The number of benzene rings is 3. The summed E-state index contributed by atoms with van der Waals surface area (Å²) in [6.07, 6.45) is -10.6. The van der Waals surface area contributed by atoms with Crippen LogP contribution in [0.5, 0.6) is 0 Å². The maximum atomic E-state index is 13.5. The number of aliphatic hydroxyl groups is 2. The summed E-state index contributed by atoms with van der Waals surface area (Å²) in [7, 11) is 0. The summed E-state index contributed by atoms with van der Waals surface area (Å²) < 4.78 is 80.2. The summed E-state index contributed by atoms with van der Waals surface area (Å²) in [4.78, 5) is 26.5. The van der Waals surface area contributed by atoms with Gasteiger partial charge in [-0.2, -0.15) is 26.3 Å². The Hall–Kier alpha value is -3.61. The predicted octanol–water partition coefficient (Wildman–Crippen LogP) is 7.28. The van der Waals surface area contributed by atoms with Gasteiger partial charge in [0.2, 0.25) is 5.91 Å². The Morgan fingerprint density at radius 1 is 0.957 bits per heavy atom. The number of hydrogen-bond donors (Lipinski definition) is 3. The Kier molecular flexibility index (Phi) is 10.7. The van der Waals surface area contributed by atoms with Crippen molar-refractivity contribution in [2.24, 2.45) is 5.92 Å². The lowest BCUT2D eigenvalue weighted by atomic mass is 9.72. The first-order valence-electron chi connectivity index (χ1n) is 15.0. The summed E-state index contributed by atoms with van der Waals surface area (Å²) in [5.74, 6) is -1.45. The van der Waals surface area contributed by atoms with E-state index in [-0.39, 0.29) is 37.5 Å². The third kappa shape index (κ3) is 7.44. The second-order valence-corrected chi connectivity index (χ2v) is 12.3. The molecule has 0 spiro atoms. The number of nitrogens with zero attached hydrogens (tertiary/aromatic N) is 1. The van der Waals surface area contributed by atoms with Gasteiger partial charge in [-0.25, -0.2) is 0 Å². The lowest BCUT2D eigenvalue weighted by molar-refractivity contribution is -0.376. The van der Waals surface area contributed by atoms with Gasteiger partial charge in [0, 0.05) is 54.2 Å². The molecule has 0 radical (unpaired) electrons. The van der Waals surface area contributed by atoms with Gasteiger partial charge in [0.1, 0.15) is 0 Å². The van der Waals surface area contributed by atoms with Gasteiger partial charge in [0.05, 0.1) is 5.60 Å². The molecule has 47 heavy (non-hydrogen) atoms. The number of rotatable bonds is 9. The molecule has 1 heterocycles. The standard InChI is InChI=1S/C34H35ClF6N2O4/c1-21-7-3-8-24(19-21)29-27(10-4-11-28(29)35)31(46,16-6-17-42-22(2)44)26-9-5-18-43(20-26)30(45)23-12-14-25(15-13-23)32(47,33(36,37)38)34(39,40)41/h3-4,7-8,10-15,19,26,46-47H,5-6,9,16-18,20H2,1-2H3,(H,42,44)/t26-,31?/m1/s1. The zero-order valence-electron chi connectivity index (χ0n) is 25.7. The zero-order valence-corrected chi connectivity index (χ0v) is 26.4. The van der Waals surface area contributed by atoms with E-state index in [4.69, 9.17) is 11.6 Å². The van der Waals surface area contributed by atoms with Gasteiger partial charge < -0.3 is 20.4 Å². The molecule has 2 atom stereocenters. The van der Waals surface area contributed by atoms with Gasteiger partial charge in [-0.1, -0.05) is 65.7 Å². The molecular formula is C34H35ClF6N2O4. The number of carbonyl (C=O) groups excluding carboxylic acids is 2. The highest BCUT2D eigenvalue weighted by Crippen LogP contribution is 2.50. The molecule has 3 aromatic rings. The van der Waals surface area contributed by atoms with Crippen LogP contribution in [-0.4, -0.2) is 58.9 Å². The Balaban J connectivity index is 1.68. The lowest BCUT2D eigenvalue weighted by Gasteiger charge is -2.44. The Morgan fingerprint density at radius 3 is 2.19 bits per heavy atom. The van der Waals surface area contributed by atoms with Gasteiger partial charge in [-0.3, -0.25) is 9.59 Å². The molecule has 0 saturated carbocycles. The van der Waals surface area contributed by atoms with Gasteiger partial charge in [-0.05, 0) is 61.9 Å². The number of aryl methyl sites for hydroxylation is 1. The number of alkyl halides is 6. The first-order valence-corrected chi connectivity index (χ1v) is 15.4. The summed E-state index contributed by atoms with van der Waals surface area (Å²) in [6, 6.07) is 15.3. The van der Waals surface area contributed by atoms with Crippen LogP contribution in [0.15, 0.2) is 66.7 Å². The van der Waals surface area contributed by atoms with Crippen LogP contribution < -0.4 is 5.32 Å². The number of piperidine rings is 1. The summed E-state index contributed by atoms with van der Waals surface area (Å²) in [6.45, 7) is 3.83. The van der Waals surface area contributed by atoms with E-state index in [1.807, 2.05) is 31.2 Å². The SMILES string of the molecule is CC(=O)NCCCC(O)(c1cccc(Cl)c1-c1cccc(C)c1)[C@@H]1CCCN(C(=O)c2ccc(C(O)(C(F)(F)F)C(F)(F)F)cc2)C1. The lowest BCUT2D eigenvalue weighted by Crippen LogP contribution is -2.53. The van der Waals surface area contributed by atoms with Crippen molar-refractivity contribution in [2.45, 2.75) is 63.1 Å². The van der Waals surface area contributed by atoms with Gasteiger partial charge in [0.15, 0.2) is 0 Å². The second-order valence-electron chi connectivity index (χ2n) is 11.9. The molecule has 0 aromatic heterocycles. The summed E-state index contributed by atoms with van der Waals surface area (Å²) >= 11 is 6.73. The van der Waals surface area contributed by atoms with E-state index in [9.17, 15) is 46.1 Å². The molecule has 1 aliphatic heterocycles. The van der Waals surface area contributed by atoms with Crippen molar-refractivity contribution < 1.29 is 46.1 Å². The highest BCUT2D eigenvalue weighted by molar-refractivity contribution is 6.33. The van der Waals surface area contributed by atoms with E-state index in [0.717, 1.165) is 23.3 Å². The number of likely N-dealkylation sites (tertiary alicyclic amines) is 1. The smallest absolute Gasteiger partial charge is 0.385 e. The van der Waals surface area contributed by atoms with Crippen molar-refractivity contribution in [3.8, 4) is 11.1 Å². The Morgan fingerprint density at radius 2 is 1.60 bits per heavy atom. The van der Waals surface area contributed by atoms with Crippen LogP contribution in [0.2, 0.25) is 5.02 Å². The molecule has 1 unspecified atom stereocenters. The molecule has 3 aromatic carbocycles. The molecule has 3 N–H and O–H groups in total. The van der Waals surface area contributed by atoms with E-state index >= 15 is 0 Å². The summed E-state index contributed by atoms with van der Waals surface area (Å²) in [5.41, 5.74) is -5.44. The van der Waals surface area contributed by atoms with Gasteiger partial charge in [0.25, 0.3) is 11.5 Å². The van der Waals surface area contributed by atoms with Crippen LogP contribution in [0.4, 0.5) is 26.3 Å². The third-order valence-electron chi connectivity index (χ3n) is 8.65. The molecule has 13 heteroatoms. The maximum absolute atomic E-state index is 13.5. The quantitative estimate of drug-likeness (QED) is 0.163. The van der Waals surface area contributed by atoms with Crippen molar-refractivity contribution in [2.75, 3.05) is 19.6 Å². The van der Waals surface area contributed by atoms with Crippen LogP contribution in [0.25, 0.3) is 11.1 Å². The highest BCUT2D eigenvalue weighted by atomic mass is 35.5. The first-order chi connectivity index (χ1) is 21.9. The fourth-order valence-corrected chi connectivity index (χ4v) is 6.52. The minimum Gasteiger partial charge on any atom is -0.385 e. The molecule has 2 amide bonds. The van der Waals surface area contributed by atoms with Crippen molar-refractivity contribution in [3.05, 3.63) is 94.0 Å². The average Bonchev–Trinajstić information content (AvgIpc) is 3.01. The van der Waals surface area contributed by atoms with E-state index < -0.39 is 40.9 Å². The zero-order chi connectivity index (χ0) is 34.8. The number of nitrogens with one attached hydrogen (secondary N) is 1. The van der Waals surface area contributed by atoms with Crippen molar-refractivity contribution in [1.82, 2.24) is 10.2 Å². The van der Waals surface area contributed by atoms with Crippen LogP contribution in [-0.2, 0) is 16.0 Å². The Labute approximate surface area is 273 Å².